The van der Waals surface area contributed by atoms with E-state index < -0.39 is 11.7 Å². The molecule has 11 nitrogen and oxygen atoms in total. The molecule has 0 aliphatic carbocycles. The summed E-state index contributed by atoms with van der Waals surface area (Å²) in [7, 11) is 0. The van der Waals surface area contributed by atoms with Gasteiger partial charge in [0.05, 0.1) is 22.8 Å². The number of hydrogen-bond acceptors (Lipinski definition) is 10. The minimum absolute atomic E-state index is 0.00181. The summed E-state index contributed by atoms with van der Waals surface area (Å²) in [5.74, 6) is 6.17. The van der Waals surface area contributed by atoms with Crippen molar-refractivity contribution >= 4 is 40.2 Å². The van der Waals surface area contributed by atoms with E-state index in [2.05, 4.69) is 16.2 Å². The van der Waals surface area contributed by atoms with E-state index in [1.54, 1.807) is 34.4 Å². The number of rotatable bonds is 7. The summed E-state index contributed by atoms with van der Waals surface area (Å²) in [5, 5.41) is 13.6. The van der Waals surface area contributed by atoms with Crippen molar-refractivity contribution in [3.63, 3.8) is 0 Å². The zero-order chi connectivity index (χ0) is 28.0. The largest absolute Gasteiger partial charge is 0.470 e. The normalized spacial score (nSPS) is 16.5. The van der Waals surface area contributed by atoms with Gasteiger partial charge in [-0.2, -0.15) is 10.4 Å². The Bertz CT molecular complexity index is 1320. The number of hydrazone groups is 1. The number of nitriles is 1. The highest BCUT2D eigenvalue weighted by Crippen LogP contribution is 2.24. The van der Waals surface area contributed by atoms with Crippen LogP contribution in [0.25, 0.3) is 5.65 Å². The van der Waals surface area contributed by atoms with Crippen LogP contribution in [-0.4, -0.2) is 67.5 Å². The van der Waals surface area contributed by atoms with Gasteiger partial charge < -0.3 is 25.9 Å². The van der Waals surface area contributed by atoms with E-state index >= 15 is 0 Å². The maximum absolute atomic E-state index is 12.4. The third kappa shape index (κ3) is 6.86. The zero-order valence-electron chi connectivity index (χ0n) is 22.3. The van der Waals surface area contributed by atoms with Crippen molar-refractivity contribution < 1.29 is 14.3 Å². The van der Waals surface area contributed by atoms with Crippen molar-refractivity contribution in [1.29, 1.82) is 5.26 Å². The number of amides is 1. The number of carbonyl (C=O) groups excluding carboxylic acids is 1. The van der Waals surface area contributed by atoms with Crippen LogP contribution in [0.4, 0.5) is 4.79 Å². The molecule has 0 radical (unpaired) electrons. The smallest absolute Gasteiger partial charge is 0.410 e. The number of pyridine rings is 1. The monoisotopic (exact) mass is 538 g/mol. The van der Waals surface area contributed by atoms with Crippen LogP contribution in [-0.2, 0) is 4.74 Å². The maximum atomic E-state index is 12.4. The van der Waals surface area contributed by atoms with Crippen molar-refractivity contribution in [3.05, 3.63) is 41.9 Å². The quantitative estimate of drug-likeness (QED) is 0.179. The number of aromatic nitrogens is 2. The van der Waals surface area contributed by atoms with Gasteiger partial charge in [-0.05, 0) is 65.8 Å². The van der Waals surface area contributed by atoms with Gasteiger partial charge in [0.1, 0.15) is 34.8 Å². The molecular weight excluding hydrogens is 504 g/mol. The molecule has 4 N–H and O–H groups in total. The lowest BCUT2D eigenvalue weighted by molar-refractivity contribution is 0.0207. The second kappa shape index (κ2) is 12.0. The molecule has 1 aliphatic heterocycles. The first-order valence-corrected chi connectivity index (χ1v) is 12.7. The van der Waals surface area contributed by atoms with Crippen molar-refractivity contribution in [2.24, 2.45) is 21.7 Å². The van der Waals surface area contributed by atoms with Gasteiger partial charge in [-0.1, -0.05) is 12.2 Å². The Kier molecular flexibility index (Phi) is 9.06. The first-order valence-electron chi connectivity index (χ1n) is 12.3. The molecule has 202 valence electrons. The molecular formula is C26H34N8O3S. The maximum Gasteiger partial charge on any atom is 0.410 e. The Hall–Kier alpha value is -3.98. The molecule has 0 saturated carbocycles. The first-order chi connectivity index (χ1) is 18.0. The van der Waals surface area contributed by atoms with Gasteiger partial charge in [-0.15, -0.1) is 0 Å². The molecule has 3 heterocycles. The standard InChI is InChI=1S/C26H34N8O3S/c1-16(31-19-7-10-33(11-8-19)25(35)37-26(3,4)5)24(32-29)18-12-22-30-15-20(14-28)34(22)23(13-18)36-17(2)21(38)6-9-27/h6,9,12-13,15,17,19H,7-8,10-11,27,29H2,1-5H3/b9-6-,31-16?,32-24+. The molecule has 38 heavy (non-hydrogen) atoms. The topological polar surface area (TPSA) is 157 Å². The number of imidazole rings is 1. The highest BCUT2D eigenvalue weighted by molar-refractivity contribution is 7.80. The number of hydrogen-bond donors (Lipinski definition) is 2. The Morgan fingerprint density at radius 2 is 2.03 bits per heavy atom. The SMILES string of the molecule is CC(=NC1CCN(C(=O)OC(C)(C)C)CC1)/C(=N\N)c1cc(OC(C)C(=S)/C=C\N)n2c(C#N)cnc2c1. The molecule has 2 aromatic heterocycles. The summed E-state index contributed by atoms with van der Waals surface area (Å²) in [6.45, 7) is 10.3. The molecule has 1 unspecified atom stereocenters. The van der Waals surface area contributed by atoms with E-state index in [9.17, 15) is 10.1 Å². The van der Waals surface area contributed by atoms with E-state index in [-0.39, 0.29) is 12.1 Å². The van der Waals surface area contributed by atoms with E-state index in [1.807, 2.05) is 27.7 Å². The van der Waals surface area contributed by atoms with Crippen LogP contribution in [0.5, 0.6) is 5.88 Å². The predicted octanol–water partition coefficient (Wildman–Crippen LogP) is 3.34. The lowest BCUT2D eigenvalue weighted by Crippen LogP contribution is -2.42. The summed E-state index contributed by atoms with van der Waals surface area (Å²) in [5.41, 5.74) is 7.46. The lowest BCUT2D eigenvalue weighted by Gasteiger charge is -2.32. The van der Waals surface area contributed by atoms with Gasteiger partial charge in [0.15, 0.2) is 0 Å². The summed E-state index contributed by atoms with van der Waals surface area (Å²) in [6, 6.07) is 5.62. The minimum Gasteiger partial charge on any atom is -0.470 e. The lowest BCUT2D eigenvalue weighted by atomic mass is 10.0. The number of nitrogens with zero attached hydrogens (tertiary/aromatic N) is 6. The Labute approximate surface area is 227 Å². The fraction of sp³-hybridized carbons (Fsp3) is 0.462. The third-order valence-corrected chi connectivity index (χ3v) is 6.35. The average Bonchev–Trinajstić information content (AvgIpc) is 3.27. The molecule has 1 aliphatic rings. The molecule has 0 spiro atoms. The number of piperidine rings is 1. The van der Waals surface area contributed by atoms with Gasteiger partial charge in [0.25, 0.3) is 0 Å². The highest BCUT2D eigenvalue weighted by Gasteiger charge is 2.27. The highest BCUT2D eigenvalue weighted by atomic mass is 32.1. The van der Waals surface area contributed by atoms with Crippen LogP contribution < -0.4 is 16.3 Å². The molecule has 1 saturated heterocycles. The van der Waals surface area contributed by atoms with E-state index in [1.165, 1.54) is 12.4 Å². The number of fused-ring (bicyclic) bond motifs is 1. The van der Waals surface area contributed by atoms with Gasteiger partial charge in [-0.25, -0.2) is 9.78 Å². The van der Waals surface area contributed by atoms with E-state index in [4.69, 9.17) is 38.3 Å². The predicted molar refractivity (Wildman–Crippen MR) is 151 cm³/mol. The summed E-state index contributed by atoms with van der Waals surface area (Å²) in [4.78, 5) is 23.8. The molecule has 0 bridgehead atoms. The summed E-state index contributed by atoms with van der Waals surface area (Å²) < 4.78 is 13.2. The van der Waals surface area contributed by atoms with Crippen LogP contribution in [0.2, 0.25) is 0 Å². The van der Waals surface area contributed by atoms with Crippen molar-refractivity contribution in [1.82, 2.24) is 14.3 Å². The van der Waals surface area contributed by atoms with Crippen LogP contribution in [0.3, 0.4) is 0 Å². The molecule has 3 rings (SSSR count). The second-order valence-corrected chi connectivity index (χ2v) is 10.4. The van der Waals surface area contributed by atoms with Crippen LogP contribution in [0.15, 0.2) is 40.7 Å². The van der Waals surface area contributed by atoms with E-state index in [0.29, 0.717) is 65.0 Å². The third-order valence-electron chi connectivity index (χ3n) is 5.88. The molecule has 0 aromatic carbocycles. The van der Waals surface area contributed by atoms with Gasteiger partial charge >= 0.3 is 6.09 Å². The number of carbonyl (C=O) groups is 1. The second-order valence-electron chi connectivity index (χ2n) is 9.94. The number of nitrogens with two attached hydrogens (primary N) is 2. The number of ether oxygens (including phenoxy) is 2. The average molecular weight is 539 g/mol. The first kappa shape index (κ1) is 28.6. The Morgan fingerprint density at radius 3 is 2.61 bits per heavy atom. The van der Waals surface area contributed by atoms with Gasteiger partial charge in [-0.3, -0.25) is 9.39 Å². The molecule has 1 atom stereocenters. The fourth-order valence-corrected chi connectivity index (χ4v) is 4.19. The van der Waals surface area contributed by atoms with Crippen LogP contribution in [0, 0.1) is 11.3 Å². The van der Waals surface area contributed by atoms with Crippen molar-refractivity contribution in [3.8, 4) is 11.9 Å². The summed E-state index contributed by atoms with van der Waals surface area (Å²) >= 11 is 5.35. The van der Waals surface area contributed by atoms with Crippen LogP contribution in [0.1, 0.15) is 58.7 Å². The van der Waals surface area contributed by atoms with Gasteiger partial charge in [0.2, 0.25) is 5.88 Å². The fourth-order valence-electron chi connectivity index (χ4n) is 4.07. The minimum atomic E-state index is -0.536. The Morgan fingerprint density at radius 1 is 1.34 bits per heavy atom. The van der Waals surface area contributed by atoms with Crippen LogP contribution >= 0.6 is 12.2 Å². The molecule has 1 amide bonds. The van der Waals surface area contributed by atoms with Crippen molar-refractivity contribution in [2.75, 3.05) is 13.1 Å². The summed E-state index contributed by atoms with van der Waals surface area (Å²) in [6.07, 6.45) is 4.97. The molecule has 2 aromatic rings. The molecule has 1 fully saturated rings. The Balaban J connectivity index is 1.85. The number of aliphatic imine (C=N–C) groups is 1. The number of likely N-dealkylation sites (tertiary alicyclic amines) is 1. The number of thiocarbonyl (C=S) groups is 1. The zero-order valence-corrected chi connectivity index (χ0v) is 23.2. The molecule has 12 heteroatoms. The van der Waals surface area contributed by atoms with E-state index in [0.717, 1.165) is 0 Å². The van der Waals surface area contributed by atoms with Crippen molar-refractivity contribution in [2.45, 2.75) is 65.2 Å². The van der Waals surface area contributed by atoms with Gasteiger partial charge in [0, 0.05) is 24.7 Å².